The SMILES string of the molecule is CCC(C)N(C)CCNc1nccn1C. The second kappa shape index (κ2) is 5.75. The molecule has 86 valence electrons. The molecule has 1 heterocycles. The van der Waals surface area contributed by atoms with Crippen LogP contribution in [0, 0.1) is 0 Å². The summed E-state index contributed by atoms with van der Waals surface area (Å²) in [6, 6.07) is 0.646. The molecule has 0 fully saturated rings. The molecule has 15 heavy (non-hydrogen) atoms. The van der Waals surface area contributed by atoms with E-state index in [1.165, 1.54) is 6.42 Å². The number of imidazole rings is 1. The maximum absolute atomic E-state index is 4.21. The predicted molar refractivity (Wildman–Crippen MR) is 64.1 cm³/mol. The van der Waals surface area contributed by atoms with Crippen molar-refractivity contribution in [3.8, 4) is 0 Å². The van der Waals surface area contributed by atoms with Gasteiger partial charge in [0.1, 0.15) is 0 Å². The van der Waals surface area contributed by atoms with Gasteiger partial charge in [-0.05, 0) is 20.4 Å². The zero-order valence-corrected chi connectivity index (χ0v) is 10.2. The third-order valence-electron chi connectivity index (χ3n) is 2.91. The van der Waals surface area contributed by atoms with Crippen molar-refractivity contribution in [2.45, 2.75) is 26.3 Å². The lowest BCUT2D eigenvalue weighted by Gasteiger charge is -2.23. The molecule has 0 saturated heterocycles. The van der Waals surface area contributed by atoms with E-state index in [-0.39, 0.29) is 0 Å². The van der Waals surface area contributed by atoms with Crippen LogP contribution in [0.1, 0.15) is 20.3 Å². The molecular formula is C11H22N4. The summed E-state index contributed by atoms with van der Waals surface area (Å²) in [4.78, 5) is 6.57. The minimum atomic E-state index is 0.646. The molecule has 0 aliphatic carbocycles. The van der Waals surface area contributed by atoms with E-state index in [1.807, 2.05) is 17.8 Å². The van der Waals surface area contributed by atoms with Crippen LogP contribution in [0.25, 0.3) is 0 Å². The molecule has 0 bridgehead atoms. The molecule has 4 nitrogen and oxygen atoms in total. The molecule has 4 heteroatoms. The molecule has 1 N–H and O–H groups in total. The Kier molecular flexibility index (Phi) is 4.62. The average molecular weight is 210 g/mol. The van der Waals surface area contributed by atoms with Crippen LogP contribution in [0.3, 0.4) is 0 Å². The maximum Gasteiger partial charge on any atom is 0.202 e. The second-order valence-corrected chi connectivity index (χ2v) is 4.03. The zero-order valence-electron chi connectivity index (χ0n) is 10.2. The van der Waals surface area contributed by atoms with Crippen molar-refractivity contribution in [2.75, 3.05) is 25.5 Å². The topological polar surface area (TPSA) is 33.1 Å². The number of nitrogens with one attached hydrogen (secondary N) is 1. The summed E-state index contributed by atoms with van der Waals surface area (Å²) >= 11 is 0. The maximum atomic E-state index is 4.21. The molecule has 0 amide bonds. The summed E-state index contributed by atoms with van der Waals surface area (Å²) in [6.07, 6.45) is 4.94. The van der Waals surface area contributed by atoms with Crippen molar-refractivity contribution in [3.63, 3.8) is 0 Å². The number of anilines is 1. The van der Waals surface area contributed by atoms with E-state index in [0.29, 0.717) is 6.04 Å². The van der Waals surface area contributed by atoms with Gasteiger partial charge >= 0.3 is 0 Å². The summed E-state index contributed by atoms with van der Waals surface area (Å²) in [6.45, 7) is 6.45. The molecule has 1 unspecified atom stereocenters. The molecular weight excluding hydrogens is 188 g/mol. The van der Waals surface area contributed by atoms with Crippen LogP contribution in [0.5, 0.6) is 0 Å². The lowest BCUT2D eigenvalue weighted by atomic mass is 10.2. The van der Waals surface area contributed by atoms with Gasteiger partial charge in [0, 0.05) is 38.6 Å². The van der Waals surface area contributed by atoms with Crippen molar-refractivity contribution in [3.05, 3.63) is 12.4 Å². The van der Waals surface area contributed by atoms with Crippen molar-refractivity contribution < 1.29 is 0 Å². The summed E-state index contributed by atoms with van der Waals surface area (Å²) < 4.78 is 1.99. The molecule has 0 saturated carbocycles. The Bertz CT molecular complexity index is 282. The standard InChI is InChI=1S/C11H22N4/c1-5-10(2)14(3)8-6-12-11-13-7-9-15(11)4/h7,9-10H,5-6,8H2,1-4H3,(H,12,13). The normalized spacial score (nSPS) is 13.1. The third-order valence-corrected chi connectivity index (χ3v) is 2.91. The number of nitrogens with zero attached hydrogens (tertiary/aromatic N) is 3. The van der Waals surface area contributed by atoms with Gasteiger partial charge in [0.15, 0.2) is 0 Å². The highest BCUT2D eigenvalue weighted by atomic mass is 15.2. The number of rotatable bonds is 6. The van der Waals surface area contributed by atoms with E-state index in [2.05, 4.69) is 36.1 Å². The fraction of sp³-hybridized carbons (Fsp3) is 0.727. The number of aromatic nitrogens is 2. The van der Waals surface area contributed by atoms with Crippen molar-refractivity contribution in [1.29, 1.82) is 0 Å². The summed E-state index contributed by atoms with van der Waals surface area (Å²) in [5.41, 5.74) is 0. The Morgan fingerprint density at radius 1 is 1.60 bits per heavy atom. The quantitative estimate of drug-likeness (QED) is 0.773. The van der Waals surface area contributed by atoms with Crippen molar-refractivity contribution >= 4 is 5.95 Å². The van der Waals surface area contributed by atoms with E-state index in [4.69, 9.17) is 0 Å². The number of hydrogen-bond donors (Lipinski definition) is 1. The molecule has 1 atom stereocenters. The summed E-state index contributed by atoms with van der Waals surface area (Å²) in [5, 5.41) is 3.31. The Hall–Kier alpha value is -1.03. The van der Waals surface area contributed by atoms with E-state index in [9.17, 15) is 0 Å². The van der Waals surface area contributed by atoms with Gasteiger partial charge in [-0.25, -0.2) is 4.98 Å². The number of aryl methyl sites for hydroxylation is 1. The van der Waals surface area contributed by atoms with E-state index in [0.717, 1.165) is 19.0 Å². The van der Waals surface area contributed by atoms with Crippen molar-refractivity contribution in [2.24, 2.45) is 7.05 Å². The molecule has 0 aliphatic heterocycles. The van der Waals surface area contributed by atoms with Gasteiger partial charge in [-0.2, -0.15) is 0 Å². The molecule has 1 aromatic heterocycles. The van der Waals surface area contributed by atoms with Crippen LogP contribution in [0.4, 0.5) is 5.95 Å². The van der Waals surface area contributed by atoms with Crippen LogP contribution in [-0.4, -0.2) is 40.6 Å². The molecule has 1 rings (SSSR count). The first-order valence-electron chi connectivity index (χ1n) is 5.56. The van der Waals surface area contributed by atoms with Gasteiger partial charge in [-0.15, -0.1) is 0 Å². The van der Waals surface area contributed by atoms with Crippen LogP contribution < -0.4 is 5.32 Å². The highest BCUT2D eigenvalue weighted by molar-refractivity contribution is 5.24. The Morgan fingerprint density at radius 2 is 2.33 bits per heavy atom. The minimum Gasteiger partial charge on any atom is -0.354 e. The Labute approximate surface area is 92.3 Å². The van der Waals surface area contributed by atoms with Gasteiger partial charge < -0.3 is 14.8 Å². The molecule has 0 radical (unpaired) electrons. The molecule has 0 aliphatic rings. The van der Waals surface area contributed by atoms with Crippen LogP contribution in [0.15, 0.2) is 12.4 Å². The molecule has 0 spiro atoms. The Balaban J connectivity index is 2.25. The minimum absolute atomic E-state index is 0.646. The van der Waals surface area contributed by atoms with Gasteiger partial charge in [0.2, 0.25) is 5.95 Å². The smallest absolute Gasteiger partial charge is 0.202 e. The monoisotopic (exact) mass is 210 g/mol. The first-order chi connectivity index (χ1) is 7.15. The largest absolute Gasteiger partial charge is 0.354 e. The molecule has 1 aromatic rings. The lowest BCUT2D eigenvalue weighted by Crippen LogP contribution is -2.33. The van der Waals surface area contributed by atoms with Gasteiger partial charge in [0.25, 0.3) is 0 Å². The fourth-order valence-corrected chi connectivity index (χ4v) is 1.41. The average Bonchev–Trinajstić information content (AvgIpc) is 2.63. The highest BCUT2D eigenvalue weighted by Gasteiger charge is 2.05. The highest BCUT2D eigenvalue weighted by Crippen LogP contribution is 2.02. The van der Waals surface area contributed by atoms with Gasteiger partial charge in [-0.1, -0.05) is 6.92 Å². The Morgan fingerprint density at radius 3 is 2.87 bits per heavy atom. The fourth-order valence-electron chi connectivity index (χ4n) is 1.41. The predicted octanol–water partition coefficient (Wildman–Crippen LogP) is 1.56. The first kappa shape index (κ1) is 12.0. The zero-order chi connectivity index (χ0) is 11.3. The van der Waals surface area contributed by atoms with Crippen LogP contribution >= 0.6 is 0 Å². The summed E-state index contributed by atoms with van der Waals surface area (Å²) in [7, 11) is 4.15. The van der Waals surface area contributed by atoms with E-state index >= 15 is 0 Å². The van der Waals surface area contributed by atoms with E-state index < -0.39 is 0 Å². The second-order valence-electron chi connectivity index (χ2n) is 4.03. The third kappa shape index (κ3) is 3.55. The van der Waals surface area contributed by atoms with Crippen molar-refractivity contribution in [1.82, 2.24) is 14.5 Å². The van der Waals surface area contributed by atoms with Gasteiger partial charge in [0.05, 0.1) is 0 Å². The summed E-state index contributed by atoms with van der Waals surface area (Å²) in [5.74, 6) is 0.938. The van der Waals surface area contributed by atoms with Crippen LogP contribution in [0.2, 0.25) is 0 Å². The number of likely N-dealkylation sites (N-methyl/N-ethyl adjacent to an activating group) is 1. The van der Waals surface area contributed by atoms with E-state index in [1.54, 1.807) is 6.20 Å². The first-order valence-corrected chi connectivity index (χ1v) is 5.56. The number of hydrogen-bond acceptors (Lipinski definition) is 3. The molecule has 0 aromatic carbocycles. The van der Waals surface area contributed by atoms with Crippen LogP contribution in [-0.2, 0) is 7.05 Å². The van der Waals surface area contributed by atoms with Gasteiger partial charge in [-0.3, -0.25) is 0 Å². The lowest BCUT2D eigenvalue weighted by molar-refractivity contribution is 0.261.